The van der Waals surface area contributed by atoms with Crippen LogP contribution in [-0.4, -0.2) is 24.7 Å². The molecule has 2 N–H and O–H groups in total. The molecule has 1 aromatic heterocycles. The minimum atomic E-state index is -0.269. The average molecular weight is 350 g/mol. The van der Waals surface area contributed by atoms with Gasteiger partial charge in [0, 0.05) is 17.2 Å². The molecule has 2 aromatic rings. The van der Waals surface area contributed by atoms with Crippen LogP contribution in [0.2, 0.25) is 0 Å². The van der Waals surface area contributed by atoms with E-state index in [1.165, 1.54) is 0 Å². The van der Waals surface area contributed by atoms with Crippen molar-refractivity contribution in [2.24, 2.45) is 0 Å². The SMILES string of the molecule is COc1ccc(CCNC(=O)Nc2cc(Br)ccn2)cc1. The van der Waals surface area contributed by atoms with Gasteiger partial charge in [-0.3, -0.25) is 5.32 Å². The van der Waals surface area contributed by atoms with Gasteiger partial charge in [0.1, 0.15) is 11.6 Å². The van der Waals surface area contributed by atoms with Gasteiger partial charge in [-0.05, 0) is 36.2 Å². The maximum absolute atomic E-state index is 11.7. The first kappa shape index (κ1) is 15.3. The van der Waals surface area contributed by atoms with Crippen molar-refractivity contribution < 1.29 is 9.53 Å². The number of hydrogen-bond donors (Lipinski definition) is 2. The number of ether oxygens (including phenoxy) is 1. The summed E-state index contributed by atoms with van der Waals surface area (Å²) in [7, 11) is 1.64. The van der Waals surface area contributed by atoms with Crippen molar-refractivity contribution in [1.29, 1.82) is 0 Å². The van der Waals surface area contributed by atoms with E-state index >= 15 is 0 Å². The van der Waals surface area contributed by atoms with Gasteiger partial charge in [-0.2, -0.15) is 0 Å². The zero-order valence-corrected chi connectivity index (χ0v) is 13.2. The van der Waals surface area contributed by atoms with Crippen LogP contribution in [0.15, 0.2) is 47.1 Å². The van der Waals surface area contributed by atoms with E-state index in [0.717, 1.165) is 22.2 Å². The molecule has 0 aliphatic rings. The number of anilines is 1. The van der Waals surface area contributed by atoms with E-state index in [4.69, 9.17) is 4.74 Å². The first-order valence-corrected chi connectivity index (χ1v) is 7.26. The predicted octanol–water partition coefficient (Wildman–Crippen LogP) is 3.22. The van der Waals surface area contributed by atoms with Crippen molar-refractivity contribution in [3.05, 3.63) is 52.6 Å². The molecule has 0 unspecified atom stereocenters. The summed E-state index contributed by atoms with van der Waals surface area (Å²) in [5.74, 6) is 1.33. The third-order valence-corrected chi connectivity index (χ3v) is 3.32. The number of aromatic nitrogens is 1. The van der Waals surface area contributed by atoms with E-state index in [0.29, 0.717) is 12.4 Å². The summed E-state index contributed by atoms with van der Waals surface area (Å²) in [5, 5.41) is 5.47. The smallest absolute Gasteiger partial charge is 0.320 e. The summed E-state index contributed by atoms with van der Waals surface area (Å²) in [5.41, 5.74) is 1.14. The fraction of sp³-hybridized carbons (Fsp3) is 0.200. The molecular formula is C15H16BrN3O2. The number of methoxy groups -OCH3 is 1. The quantitative estimate of drug-likeness (QED) is 0.870. The fourth-order valence-corrected chi connectivity index (χ4v) is 2.08. The molecule has 0 atom stereocenters. The second kappa shape index (κ2) is 7.64. The molecule has 1 heterocycles. The van der Waals surface area contributed by atoms with Gasteiger partial charge in [-0.25, -0.2) is 9.78 Å². The Morgan fingerprint density at radius 3 is 2.71 bits per heavy atom. The molecule has 6 heteroatoms. The van der Waals surface area contributed by atoms with Gasteiger partial charge in [-0.1, -0.05) is 28.1 Å². The number of halogens is 1. The summed E-state index contributed by atoms with van der Waals surface area (Å²) in [4.78, 5) is 15.8. The van der Waals surface area contributed by atoms with Crippen molar-refractivity contribution in [3.8, 4) is 5.75 Å². The second-order valence-electron chi connectivity index (χ2n) is 4.34. The van der Waals surface area contributed by atoms with E-state index < -0.39 is 0 Å². The molecule has 0 aliphatic carbocycles. The first-order chi connectivity index (χ1) is 10.2. The summed E-state index contributed by atoms with van der Waals surface area (Å²) >= 11 is 3.33. The molecule has 2 rings (SSSR count). The predicted molar refractivity (Wildman–Crippen MR) is 85.7 cm³/mol. The van der Waals surface area contributed by atoms with Gasteiger partial charge >= 0.3 is 6.03 Å². The molecule has 0 fully saturated rings. The Morgan fingerprint density at radius 1 is 1.29 bits per heavy atom. The Hall–Kier alpha value is -2.08. The van der Waals surface area contributed by atoms with Crippen LogP contribution in [0, 0.1) is 0 Å². The zero-order chi connectivity index (χ0) is 15.1. The lowest BCUT2D eigenvalue weighted by Gasteiger charge is -2.07. The molecule has 2 amide bonds. The maximum Gasteiger partial charge on any atom is 0.320 e. The standard InChI is InChI=1S/C15H16BrN3O2/c1-21-13-4-2-11(3-5-13)6-8-18-15(20)19-14-10-12(16)7-9-17-14/h2-5,7,9-10H,6,8H2,1H3,(H2,17,18,19,20). The van der Waals surface area contributed by atoms with Crippen LogP contribution in [0.25, 0.3) is 0 Å². The number of carbonyl (C=O) groups excluding carboxylic acids is 1. The van der Waals surface area contributed by atoms with E-state index in [-0.39, 0.29) is 6.03 Å². The number of nitrogens with one attached hydrogen (secondary N) is 2. The van der Waals surface area contributed by atoms with Gasteiger partial charge in [0.15, 0.2) is 0 Å². The Balaban J connectivity index is 1.76. The monoisotopic (exact) mass is 349 g/mol. The number of pyridine rings is 1. The second-order valence-corrected chi connectivity index (χ2v) is 5.25. The Morgan fingerprint density at radius 2 is 2.05 bits per heavy atom. The third-order valence-electron chi connectivity index (χ3n) is 2.82. The first-order valence-electron chi connectivity index (χ1n) is 6.47. The fourth-order valence-electron chi connectivity index (χ4n) is 1.75. The van der Waals surface area contributed by atoms with E-state index in [1.54, 1.807) is 25.4 Å². The number of carbonyl (C=O) groups is 1. The van der Waals surface area contributed by atoms with Crippen LogP contribution in [0.5, 0.6) is 5.75 Å². The zero-order valence-electron chi connectivity index (χ0n) is 11.6. The highest BCUT2D eigenvalue weighted by molar-refractivity contribution is 9.10. The maximum atomic E-state index is 11.7. The Bertz CT molecular complexity index is 602. The van der Waals surface area contributed by atoms with Crippen LogP contribution in [0.3, 0.4) is 0 Å². The van der Waals surface area contributed by atoms with E-state index in [1.807, 2.05) is 24.3 Å². The largest absolute Gasteiger partial charge is 0.497 e. The topological polar surface area (TPSA) is 63.2 Å². The van der Waals surface area contributed by atoms with E-state index in [9.17, 15) is 4.79 Å². The van der Waals surface area contributed by atoms with Gasteiger partial charge in [0.25, 0.3) is 0 Å². The normalized spacial score (nSPS) is 10.0. The molecule has 0 saturated carbocycles. The highest BCUT2D eigenvalue weighted by Crippen LogP contribution is 2.13. The van der Waals surface area contributed by atoms with Gasteiger partial charge in [0.05, 0.1) is 7.11 Å². The highest BCUT2D eigenvalue weighted by atomic mass is 79.9. The van der Waals surface area contributed by atoms with Crippen molar-refractivity contribution in [2.75, 3.05) is 19.0 Å². The molecule has 110 valence electrons. The molecule has 0 aliphatic heterocycles. The Kier molecular flexibility index (Phi) is 5.57. The number of benzene rings is 1. The molecule has 0 spiro atoms. The molecule has 0 bridgehead atoms. The van der Waals surface area contributed by atoms with Crippen molar-refractivity contribution in [2.45, 2.75) is 6.42 Å². The van der Waals surface area contributed by atoms with Crippen LogP contribution in [0.4, 0.5) is 10.6 Å². The van der Waals surface area contributed by atoms with Crippen molar-refractivity contribution >= 4 is 27.8 Å². The number of amides is 2. The van der Waals surface area contributed by atoms with Gasteiger partial charge in [-0.15, -0.1) is 0 Å². The molecule has 1 aromatic carbocycles. The summed E-state index contributed by atoms with van der Waals surface area (Å²) in [6.45, 7) is 0.548. The summed E-state index contributed by atoms with van der Waals surface area (Å²) in [6, 6.07) is 11.0. The summed E-state index contributed by atoms with van der Waals surface area (Å²) < 4.78 is 5.96. The third kappa shape index (κ3) is 5.07. The molecule has 0 radical (unpaired) electrons. The highest BCUT2D eigenvalue weighted by Gasteiger charge is 2.02. The van der Waals surface area contributed by atoms with Crippen LogP contribution in [-0.2, 0) is 6.42 Å². The van der Waals surface area contributed by atoms with Crippen LogP contribution < -0.4 is 15.4 Å². The van der Waals surface area contributed by atoms with Crippen molar-refractivity contribution in [3.63, 3.8) is 0 Å². The molecule has 0 saturated heterocycles. The average Bonchev–Trinajstić information content (AvgIpc) is 2.48. The number of rotatable bonds is 5. The van der Waals surface area contributed by atoms with Crippen LogP contribution >= 0.6 is 15.9 Å². The minimum absolute atomic E-state index is 0.269. The number of hydrogen-bond acceptors (Lipinski definition) is 3. The lowest BCUT2D eigenvalue weighted by Crippen LogP contribution is -2.30. The number of urea groups is 1. The Labute approximate surface area is 131 Å². The molecule has 21 heavy (non-hydrogen) atoms. The van der Waals surface area contributed by atoms with Gasteiger partial charge < -0.3 is 10.1 Å². The van der Waals surface area contributed by atoms with E-state index in [2.05, 4.69) is 31.5 Å². The lowest BCUT2D eigenvalue weighted by molar-refractivity contribution is 0.252. The lowest BCUT2D eigenvalue weighted by atomic mass is 10.1. The molecular weight excluding hydrogens is 334 g/mol. The van der Waals surface area contributed by atoms with Gasteiger partial charge in [0.2, 0.25) is 0 Å². The molecule has 5 nitrogen and oxygen atoms in total. The number of nitrogens with zero attached hydrogens (tertiary/aromatic N) is 1. The van der Waals surface area contributed by atoms with Crippen molar-refractivity contribution in [1.82, 2.24) is 10.3 Å². The van der Waals surface area contributed by atoms with Crippen LogP contribution in [0.1, 0.15) is 5.56 Å². The summed E-state index contributed by atoms with van der Waals surface area (Å²) in [6.07, 6.45) is 2.38. The minimum Gasteiger partial charge on any atom is -0.497 e.